The lowest BCUT2D eigenvalue weighted by atomic mass is 10.1. The lowest BCUT2D eigenvalue weighted by molar-refractivity contribution is -0.123. The number of nitrogens with one attached hydrogen (secondary N) is 2. The van der Waals surface area contributed by atoms with Gasteiger partial charge in [-0.25, -0.2) is 4.68 Å². The van der Waals surface area contributed by atoms with Gasteiger partial charge in [0.1, 0.15) is 5.75 Å². The lowest BCUT2D eigenvalue weighted by Crippen LogP contribution is -2.44. The number of nitrogens with zero attached hydrogens (tertiary/aromatic N) is 2. The molecule has 1 aromatic heterocycles. The highest BCUT2D eigenvalue weighted by molar-refractivity contribution is 6.05. The summed E-state index contributed by atoms with van der Waals surface area (Å²) >= 11 is 0. The summed E-state index contributed by atoms with van der Waals surface area (Å²) in [4.78, 5) is 36.5. The molecule has 0 aliphatic rings. The molecule has 0 bridgehead atoms. The molecule has 2 aromatic carbocycles. The molecule has 28 heavy (non-hydrogen) atoms. The van der Waals surface area contributed by atoms with Crippen molar-refractivity contribution in [2.45, 2.75) is 13.8 Å². The van der Waals surface area contributed by atoms with Crippen LogP contribution in [0.5, 0.6) is 5.75 Å². The average molecular weight is 380 g/mol. The first-order valence-corrected chi connectivity index (χ1v) is 8.62. The first-order chi connectivity index (χ1) is 13.4. The Hall–Kier alpha value is -3.68. The van der Waals surface area contributed by atoms with Gasteiger partial charge in [-0.15, -0.1) is 0 Å². The molecule has 1 heterocycles. The van der Waals surface area contributed by atoms with Gasteiger partial charge in [0.05, 0.1) is 5.39 Å². The zero-order valence-electron chi connectivity index (χ0n) is 15.8. The minimum absolute atomic E-state index is 0.0353. The van der Waals surface area contributed by atoms with Gasteiger partial charge in [-0.3, -0.25) is 25.2 Å². The highest BCUT2D eigenvalue weighted by Gasteiger charge is 2.16. The molecule has 3 aromatic rings. The molecule has 0 aliphatic carbocycles. The third kappa shape index (κ3) is 4.01. The van der Waals surface area contributed by atoms with Crippen LogP contribution in [-0.2, 0) is 11.8 Å². The summed E-state index contributed by atoms with van der Waals surface area (Å²) in [6.07, 6.45) is 0. The van der Waals surface area contributed by atoms with Gasteiger partial charge in [0.2, 0.25) is 0 Å². The normalized spacial score (nSPS) is 10.5. The van der Waals surface area contributed by atoms with E-state index in [2.05, 4.69) is 16.0 Å². The molecular formula is C20H20N4O4. The zero-order chi connectivity index (χ0) is 20.3. The molecule has 2 amide bonds. The van der Waals surface area contributed by atoms with Gasteiger partial charge in [-0.1, -0.05) is 24.3 Å². The van der Waals surface area contributed by atoms with Crippen LogP contribution < -0.4 is 21.1 Å². The van der Waals surface area contributed by atoms with E-state index < -0.39 is 11.8 Å². The molecule has 0 saturated heterocycles. The fourth-order valence-electron chi connectivity index (χ4n) is 2.64. The Morgan fingerprint density at radius 2 is 1.75 bits per heavy atom. The molecule has 2 N–H and O–H groups in total. The van der Waals surface area contributed by atoms with Crippen molar-refractivity contribution in [3.05, 3.63) is 69.6 Å². The van der Waals surface area contributed by atoms with Crippen LogP contribution in [0.3, 0.4) is 0 Å². The maximum atomic E-state index is 12.4. The number of benzene rings is 2. The standard InChI is InChI=1S/C20H20N4O4/c1-12-8-9-14(10-13(12)2)28-11-17(25)21-22-19(26)18-15-6-4-5-7-16(15)20(27)24(3)23-18/h4-10H,11H2,1-3H3,(H,21,25)(H,22,26). The van der Waals surface area contributed by atoms with Crippen molar-refractivity contribution in [2.24, 2.45) is 7.05 Å². The second kappa shape index (κ2) is 7.91. The van der Waals surface area contributed by atoms with E-state index in [1.54, 1.807) is 30.3 Å². The van der Waals surface area contributed by atoms with Crippen LogP contribution in [-0.4, -0.2) is 28.2 Å². The number of hydrazine groups is 1. The van der Waals surface area contributed by atoms with Crippen LogP contribution in [0.25, 0.3) is 10.8 Å². The Bertz CT molecular complexity index is 1120. The van der Waals surface area contributed by atoms with Crippen molar-refractivity contribution in [1.29, 1.82) is 0 Å². The van der Waals surface area contributed by atoms with E-state index >= 15 is 0 Å². The van der Waals surface area contributed by atoms with Gasteiger partial charge in [0, 0.05) is 12.4 Å². The fourth-order valence-corrected chi connectivity index (χ4v) is 2.64. The van der Waals surface area contributed by atoms with Crippen molar-refractivity contribution >= 4 is 22.6 Å². The number of hydrogen-bond acceptors (Lipinski definition) is 5. The average Bonchev–Trinajstić information content (AvgIpc) is 2.69. The van der Waals surface area contributed by atoms with Gasteiger partial charge in [0.15, 0.2) is 12.3 Å². The number of amides is 2. The first kappa shape index (κ1) is 19.1. The van der Waals surface area contributed by atoms with Crippen LogP contribution in [0.2, 0.25) is 0 Å². The number of aromatic nitrogens is 2. The summed E-state index contributed by atoms with van der Waals surface area (Å²) in [5.74, 6) is -0.595. The fraction of sp³-hybridized carbons (Fsp3) is 0.200. The number of carbonyl (C=O) groups excluding carboxylic acids is 2. The van der Waals surface area contributed by atoms with Crippen molar-refractivity contribution in [1.82, 2.24) is 20.6 Å². The Morgan fingerprint density at radius 1 is 1.04 bits per heavy atom. The Labute approximate surface area is 161 Å². The van der Waals surface area contributed by atoms with Crippen LogP contribution in [0, 0.1) is 13.8 Å². The number of hydrogen-bond donors (Lipinski definition) is 2. The van der Waals surface area contributed by atoms with Gasteiger partial charge in [-0.2, -0.15) is 5.10 Å². The molecule has 0 spiro atoms. The second-order valence-electron chi connectivity index (χ2n) is 6.36. The molecule has 0 unspecified atom stereocenters. The molecule has 0 radical (unpaired) electrons. The summed E-state index contributed by atoms with van der Waals surface area (Å²) < 4.78 is 6.51. The summed E-state index contributed by atoms with van der Waals surface area (Å²) in [5.41, 5.74) is 6.49. The van der Waals surface area contributed by atoms with Gasteiger partial charge >= 0.3 is 0 Å². The summed E-state index contributed by atoms with van der Waals surface area (Å²) in [6, 6.07) is 12.2. The van der Waals surface area contributed by atoms with Crippen LogP contribution >= 0.6 is 0 Å². The third-order valence-electron chi connectivity index (χ3n) is 4.34. The molecule has 0 fully saturated rings. The van der Waals surface area contributed by atoms with Crippen LogP contribution in [0.4, 0.5) is 0 Å². The highest BCUT2D eigenvalue weighted by Crippen LogP contribution is 2.16. The molecule has 8 nitrogen and oxygen atoms in total. The molecule has 144 valence electrons. The van der Waals surface area contributed by atoms with E-state index in [4.69, 9.17) is 4.74 Å². The maximum Gasteiger partial charge on any atom is 0.290 e. The van der Waals surface area contributed by atoms with Gasteiger partial charge in [-0.05, 0) is 43.2 Å². The van der Waals surface area contributed by atoms with Crippen LogP contribution in [0.15, 0.2) is 47.3 Å². The van der Waals surface area contributed by atoms with Gasteiger partial charge in [0.25, 0.3) is 17.4 Å². The topological polar surface area (TPSA) is 102 Å². The first-order valence-electron chi connectivity index (χ1n) is 8.62. The second-order valence-corrected chi connectivity index (χ2v) is 6.36. The quantitative estimate of drug-likeness (QED) is 0.666. The third-order valence-corrected chi connectivity index (χ3v) is 4.34. The maximum absolute atomic E-state index is 12.4. The minimum atomic E-state index is -0.633. The Morgan fingerprint density at radius 3 is 2.46 bits per heavy atom. The summed E-state index contributed by atoms with van der Waals surface area (Å²) in [7, 11) is 1.46. The van der Waals surface area contributed by atoms with E-state index in [-0.39, 0.29) is 17.9 Å². The molecule has 0 aliphatic heterocycles. The number of rotatable bonds is 4. The van der Waals surface area contributed by atoms with Crippen molar-refractivity contribution in [3.63, 3.8) is 0 Å². The molecule has 0 saturated carbocycles. The molecule has 0 atom stereocenters. The summed E-state index contributed by atoms with van der Waals surface area (Å²) in [5, 5.41) is 4.78. The predicted molar refractivity (Wildman–Crippen MR) is 104 cm³/mol. The molecule has 8 heteroatoms. The zero-order valence-corrected chi connectivity index (χ0v) is 15.8. The van der Waals surface area contributed by atoms with Crippen molar-refractivity contribution in [3.8, 4) is 5.75 Å². The summed E-state index contributed by atoms with van der Waals surface area (Å²) in [6.45, 7) is 3.68. The number of ether oxygens (including phenoxy) is 1. The van der Waals surface area contributed by atoms with Crippen LogP contribution in [0.1, 0.15) is 21.6 Å². The van der Waals surface area contributed by atoms with E-state index in [9.17, 15) is 14.4 Å². The van der Waals surface area contributed by atoms with Crippen molar-refractivity contribution < 1.29 is 14.3 Å². The lowest BCUT2D eigenvalue weighted by Gasteiger charge is -2.11. The number of aryl methyl sites for hydroxylation is 3. The minimum Gasteiger partial charge on any atom is -0.484 e. The van der Waals surface area contributed by atoms with E-state index in [0.717, 1.165) is 15.8 Å². The molecule has 3 rings (SSSR count). The molecular weight excluding hydrogens is 360 g/mol. The smallest absolute Gasteiger partial charge is 0.290 e. The predicted octanol–water partition coefficient (Wildman–Crippen LogP) is 1.39. The van der Waals surface area contributed by atoms with E-state index in [0.29, 0.717) is 16.5 Å². The largest absolute Gasteiger partial charge is 0.484 e. The number of fused-ring (bicyclic) bond motifs is 1. The Balaban J connectivity index is 1.65. The van der Waals surface area contributed by atoms with Gasteiger partial charge < -0.3 is 4.74 Å². The van der Waals surface area contributed by atoms with Crippen molar-refractivity contribution in [2.75, 3.05) is 6.61 Å². The monoisotopic (exact) mass is 380 g/mol. The SMILES string of the molecule is Cc1ccc(OCC(=O)NNC(=O)c2nn(C)c(=O)c3ccccc23)cc1C. The highest BCUT2D eigenvalue weighted by atomic mass is 16.5. The Kier molecular flexibility index (Phi) is 5.39. The number of carbonyl (C=O) groups is 2. The van der Waals surface area contributed by atoms with E-state index in [1.807, 2.05) is 26.0 Å². The van der Waals surface area contributed by atoms with E-state index in [1.165, 1.54) is 7.05 Å².